The number of rotatable bonds is 0. The maximum absolute atomic E-state index is 3.12. The van der Waals surface area contributed by atoms with Crippen LogP contribution in [0.5, 0.6) is 0 Å². The van der Waals surface area contributed by atoms with Crippen LogP contribution in [0.2, 0.25) is 0 Å². The molecule has 1 heteroatoms. The van der Waals surface area contributed by atoms with Gasteiger partial charge >= 0.3 is 0 Å². The summed E-state index contributed by atoms with van der Waals surface area (Å²) < 4.78 is 0. The summed E-state index contributed by atoms with van der Waals surface area (Å²) in [4.78, 5) is 0. The summed E-state index contributed by atoms with van der Waals surface area (Å²) in [5.74, 6) is 0. The zero-order valence-corrected chi connectivity index (χ0v) is 5.15. The van der Waals surface area contributed by atoms with E-state index in [9.17, 15) is 0 Å². The van der Waals surface area contributed by atoms with E-state index in [2.05, 4.69) is 24.4 Å². The molecule has 0 aliphatic carbocycles. The first-order valence-corrected chi connectivity index (χ1v) is 2.98. The lowest BCUT2D eigenvalue weighted by atomic mass is 10.3. The lowest BCUT2D eigenvalue weighted by Crippen LogP contribution is -1.97. The molecule has 0 aromatic heterocycles. The fourth-order valence-corrected chi connectivity index (χ4v) is 0.729. The molecule has 0 saturated heterocycles. The molecule has 8 heavy (non-hydrogen) atoms. The molecule has 1 rings (SSSR count). The van der Waals surface area contributed by atoms with E-state index in [4.69, 9.17) is 0 Å². The molecule has 0 fully saturated rings. The lowest BCUT2D eigenvalue weighted by molar-refractivity contribution is 1.03. The van der Waals surface area contributed by atoms with Gasteiger partial charge in [0.2, 0.25) is 0 Å². The van der Waals surface area contributed by atoms with E-state index >= 15 is 0 Å². The maximum Gasteiger partial charge on any atom is 0.00742 e. The fourth-order valence-electron chi connectivity index (χ4n) is 0.729. The van der Waals surface area contributed by atoms with Crippen molar-refractivity contribution in [2.24, 2.45) is 0 Å². The van der Waals surface area contributed by atoms with Crippen LogP contribution in [0.3, 0.4) is 0 Å². The van der Waals surface area contributed by atoms with Crippen molar-refractivity contribution in [3.8, 4) is 0 Å². The summed E-state index contributed by atoms with van der Waals surface area (Å²) in [5.41, 5.74) is 1.26. The van der Waals surface area contributed by atoms with Crippen molar-refractivity contribution in [1.82, 2.24) is 5.32 Å². The number of hydrogen-bond donors (Lipinski definition) is 1. The van der Waals surface area contributed by atoms with Crippen LogP contribution in [0.15, 0.2) is 24.0 Å². The summed E-state index contributed by atoms with van der Waals surface area (Å²) >= 11 is 0. The van der Waals surface area contributed by atoms with Crippen LogP contribution in [-0.2, 0) is 0 Å². The second-order valence-electron chi connectivity index (χ2n) is 2.01. The summed E-state index contributed by atoms with van der Waals surface area (Å²) in [6, 6.07) is 0. The Kier molecular flexibility index (Phi) is 1.73. The van der Waals surface area contributed by atoms with Crippen LogP contribution in [0, 0.1) is 0 Å². The molecule has 1 aliphatic rings. The molecule has 0 spiro atoms. The van der Waals surface area contributed by atoms with Crippen molar-refractivity contribution in [1.29, 1.82) is 0 Å². The van der Waals surface area contributed by atoms with Crippen molar-refractivity contribution < 1.29 is 0 Å². The first-order chi connectivity index (χ1) is 3.89. The van der Waals surface area contributed by atoms with Crippen molar-refractivity contribution in [2.75, 3.05) is 0 Å². The van der Waals surface area contributed by atoms with Gasteiger partial charge in [-0.3, -0.25) is 0 Å². The molecule has 0 saturated carbocycles. The van der Waals surface area contributed by atoms with E-state index < -0.39 is 0 Å². The standard InChI is InChI=1S/C7H11N/c1-7-5-3-2-4-6-8-7/h4-6,8H,2-3H2,1H3. The Bertz CT molecular complexity index is 122. The Hall–Kier alpha value is -0.720. The molecule has 44 valence electrons. The number of allylic oxidation sites excluding steroid dienone is 3. The first-order valence-electron chi connectivity index (χ1n) is 2.98. The third kappa shape index (κ3) is 1.41. The van der Waals surface area contributed by atoms with E-state index in [1.807, 2.05) is 6.20 Å². The molecule has 1 aliphatic heterocycles. The van der Waals surface area contributed by atoms with Gasteiger partial charge < -0.3 is 5.32 Å². The molecule has 0 aromatic carbocycles. The van der Waals surface area contributed by atoms with Gasteiger partial charge in [-0.1, -0.05) is 12.2 Å². The highest BCUT2D eigenvalue weighted by atomic mass is 14.8. The Morgan fingerprint density at radius 1 is 1.50 bits per heavy atom. The molecule has 0 amide bonds. The highest BCUT2D eigenvalue weighted by Crippen LogP contribution is 2.00. The molecule has 0 atom stereocenters. The highest BCUT2D eigenvalue weighted by molar-refractivity contribution is 5.04. The molecule has 1 N–H and O–H groups in total. The van der Waals surface area contributed by atoms with Gasteiger partial charge in [0.1, 0.15) is 0 Å². The minimum absolute atomic E-state index is 1.17. The van der Waals surface area contributed by atoms with Gasteiger partial charge in [0.25, 0.3) is 0 Å². The average molecular weight is 109 g/mol. The van der Waals surface area contributed by atoms with Gasteiger partial charge in [-0.15, -0.1) is 0 Å². The molecule has 1 nitrogen and oxygen atoms in total. The van der Waals surface area contributed by atoms with E-state index in [1.54, 1.807) is 0 Å². The molecule has 0 bridgehead atoms. The van der Waals surface area contributed by atoms with Gasteiger partial charge in [0.05, 0.1) is 0 Å². The van der Waals surface area contributed by atoms with Crippen molar-refractivity contribution >= 4 is 0 Å². The molecule has 1 heterocycles. The average Bonchev–Trinajstić information content (AvgIpc) is 1.94. The van der Waals surface area contributed by atoms with Crippen molar-refractivity contribution in [3.05, 3.63) is 24.0 Å². The quantitative estimate of drug-likeness (QED) is 0.500. The summed E-state index contributed by atoms with van der Waals surface area (Å²) in [6.07, 6.45) is 8.70. The minimum atomic E-state index is 1.17. The number of nitrogens with one attached hydrogen (secondary N) is 1. The van der Waals surface area contributed by atoms with Crippen molar-refractivity contribution in [3.63, 3.8) is 0 Å². The maximum atomic E-state index is 3.12. The third-order valence-corrected chi connectivity index (χ3v) is 1.21. The van der Waals surface area contributed by atoms with Crippen LogP contribution in [0.1, 0.15) is 19.8 Å². The fraction of sp³-hybridized carbons (Fsp3) is 0.429. The van der Waals surface area contributed by atoms with Gasteiger partial charge in [-0.2, -0.15) is 0 Å². The second-order valence-corrected chi connectivity index (χ2v) is 2.01. The summed E-state index contributed by atoms with van der Waals surface area (Å²) in [6.45, 7) is 2.08. The molecular weight excluding hydrogens is 98.1 g/mol. The first kappa shape index (κ1) is 5.42. The largest absolute Gasteiger partial charge is 0.366 e. The van der Waals surface area contributed by atoms with Crippen LogP contribution >= 0.6 is 0 Å². The Morgan fingerprint density at radius 2 is 2.38 bits per heavy atom. The van der Waals surface area contributed by atoms with E-state index in [0.717, 1.165) is 0 Å². The number of hydrogen-bond acceptors (Lipinski definition) is 1. The molecular formula is C7H11N. The van der Waals surface area contributed by atoms with Gasteiger partial charge in [0, 0.05) is 5.70 Å². The van der Waals surface area contributed by atoms with E-state index in [0.29, 0.717) is 0 Å². The van der Waals surface area contributed by atoms with Gasteiger partial charge in [-0.25, -0.2) is 0 Å². The third-order valence-electron chi connectivity index (χ3n) is 1.21. The summed E-state index contributed by atoms with van der Waals surface area (Å²) in [5, 5.41) is 3.12. The minimum Gasteiger partial charge on any atom is -0.366 e. The van der Waals surface area contributed by atoms with E-state index in [1.165, 1.54) is 18.5 Å². The highest BCUT2D eigenvalue weighted by Gasteiger charge is 1.86. The topological polar surface area (TPSA) is 12.0 Å². The monoisotopic (exact) mass is 109 g/mol. The van der Waals surface area contributed by atoms with E-state index in [-0.39, 0.29) is 0 Å². The smallest absolute Gasteiger partial charge is 0.00742 e. The van der Waals surface area contributed by atoms with Gasteiger partial charge in [-0.05, 0) is 26.0 Å². The Balaban J connectivity index is 2.51. The van der Waals surface area contributed by atoms with Crippen LogP contribution in [0.4, 0.5) is 0 Å². The lowest BCUT2D eigenvalue weighted by Gasteiger charge is -1.93. The Labute approximate surface area is 50.1 Å². The van der Waals surface area contributed by atoms with Gasteiger partial charge in [0.15, 0.2) is 0 Å². The predicted molar refractivity (Wildman–Crippen MR) is 35.3 cm³/mol. The molecule has 0 unspecified atom stereocenters. The second kappa shape index (κ2) is 2.55. The summed E-state index contributed by atoms with van der Waals surface area (Å²) in [7, 11) is 0. The van der Waals surface area contributed by atoms with Crippen LogP contribution in [-0.4, -0.2) is 0 Å². The van der Waals surface area contributed by atoms with Crippen LogP contribution < -0.4 is 5.32 Å². The SMILES string of the molecule is CC1=CCCC=CN1. The normalized spacial score (nSPS) is 18.9. The molecule has 0 aromatic rings. The predicted octanol–water partition coefficient (Wildman–Crippen LogP) is 1.79. The Morgan fingerprint density at radius 3 is 3.25 bits per heavy atom. The zero-order chi connectivity index (χ0) is 5.82. The zero-order valence-electron chi connectivity index (χ0n) is 5.15. The van der Waals surface area contributed by atoms with Crippen LogP contribution in [0.25, 0.3) is 0 Å². The van der Waals surface area contributed by atoms with Crippen molar-refractivity contribution in [2.45, 2.75) is 19.8 Å². The molecule has 0 radical (unpaired) electrons.